The van der Waals surface area contributed by atoms with Crippen molar-refractivity contribution in [1.29, 1.82) is 0 Å². The van der Waals surface area contributed by atoms with Gasteiger partial charge < -0.3 is 4.90 Å². The molecule has 0 fully saturated rings. The van der Waals surface area contributed by atoms with Gasteiger partial charge in [0.1, 0.15) is 6.54 Å². The molecule has 0 N–H and O–H groups in total. The van der Waals surface area contributed by atoms with E-state index in [1.54, 1.807) is 16.7 Å². The Hall–Kier alpha value is -1.16. The summed E-state index contributed by atoms with van der Waals surface area (Å²) in [6, 6.07) is 7.79. The second-order valence-corrected chi connectivity index (χ2v) is 3.80. The first-order valence-corrected chi connectivity index (χ1v) is 4.92. The van der Waals surface area contributed by atoms with Crippen LogP contribution in [0.5, 0.6) is 0 Å². The normalized spacial score (nSPS) is 14.3. The topological polar surface area (TPSA) is 40.2 Å². The third-order valence-electron chi connectivity index (χ3n) is 1.90. The standard InChI is InChI=1S/C9H8NO2S/c11-9(12)5-10-6-13-8-4-2-1-3-7(8)10/h1-4H,5-6H2. The maximum atomic E-state index is 10.4. The van der Waals surface area contributed by atoms with Gasteiger partial charge in [-0.15, -0.1) is 11.8 Å². The van der Waals surface area contributed by atoms with Crippen LogP contribution in [0, 0.1) is 0 Å². The molecule has 0 atom stereocenters. The Morgan fingerprint density at radius 2 is 2.23 bits per heavy atom. The highest BCUT2D eigenvalue weighted by molar-refractivity contribution is 7.99. The smallest absolute Gasteiger partial charge is 0.350 e. The van der Waals surface area contributed by atoms with Gasteiger partial charge in [-0.2, -0.15) is 0 Å². The molecule has 3 nitrogen and oxygen atoms in total. The van der Waals surface area contributed by atoms with Crippen LogP contribution in [0.25, 0.3) is 0 Å². The van der Waals surface area contributed by atoms with Crippen molar-refractivity contribution in [3.63, 3.8) is 0 Å². The van der Waals surface area contributed by atoms with E-state index in [9.17, 15) is 9.90 Å². The molecule has 0 unspecified atom stereocenters. The predicted octanol–water partition coefficient (Wildman–Crippen LogP) is 1.51. The summed E-state index contributed by atoms with van der Waals surface area (Å²) in [6.07, 6.45) is 0. The van der Waals surface area contributed by atoms with Crippen molar-refractivity contribution in [2.45, 2.75) is 4.90 Å². The van der Waals surface area contributed by atoms with Gasteiger partial charge in [-0.1, -0.05) is 12.1 Å². The van der Waals surface area contributed by atoms with Gasteiger partial charge in [-0.05, 0) is 12.1 Å². The fraction of sp³-hybridized carbons (Fsp3) is 0.222. The molecule has 0 aromatic heterocycles. The summed E-state index contributed by atoms with van der Waals surface area (Å²) in [7, 11) is 0. The van der Waals surface area contributed by atoms with E-state index in [-0.39, 0.29) is 6.54 Å². The lowest BCUT2D eigenvalue weighted by Crippen LogP contribution is -2.25. The van der Waals surface area contributed by atoms with Crippen LogP contribution in [0.2, 0.25) is 0 Å². The van der Waals surface area contributed by atoms with Crippen LogP contribution < -0.4 is 4.90 Å². The van der Waals surface area contributed by atoms with Gasteiger partial charge in [0.05, 0.1) is 11.6 Å². The molecule has 1 radical (unpaired) electrons. The van der Waals surface area contributed by atoms with E-state index >= 15 is 0 Å². The van der Waals surface area contributed by atoms with Gasteiger partial charge in [-0.3, -0.25) is 0 Å². The molecular weight excluding hydrogens is 186 g/mol. The summed E-state index contributed by atoms with van der Waals surface area (Å²) >= 11 is 1.65. The molecule has 13 heavy (non-hydrogen) atoms. The molecule has 1 aliphatic rings. The Kier molecular flexibility index (Phi) is 2.14. The van der Waals surface area contributed by atoms with Crippen LogP contribution in [-0.2, 0) is 9.90 Å². The Bertz CT molecular complexity index is 340. The Labute approximate surface area is 80.4 Å². The summed E-state index contributed by atoms with van der Waals surface area (Å²) in [6.45, 7) is -0.0238. The van der Waals surface area contributed by atoms with E-state index in [1.165, 1.54) is 0 Å². The number of rotatable bonds is 2. The number of hydrogen-bond acceptors (Lipinski definition) is 3. The van der Waals surface area contributed by atoms with Crippen molar-refractivity contribution in [2.24, 2.45) is 0 Å². The number of thioether (sulfide) groups is 1. The van der Waals surface area contributed by atoms with Gasteiger partial charge in [0.15, 0.2) is 0 Å². The molecule has 0 spiro atoms. The van der Waals surface area contributed by atoms with E-state index in [0.29, 0.717) is 5.88 Å². The lowest BCUT2D eigenvalue weighted by molar-refractivity contribution is -0.141. The molecule has 0 saturated carbocycles. The SMILES string of the molecule is [O]C(=O)CN1CSc2ccccc21. The molecule has 0 aliphatic carbocycles. The molecule has 1 aromatic carbocycles. The molecule has 0 bridgehead atoms. The second-order valence-electron chi connectivity index (χ2n) is 2.81. The van der Waals surface area contributed by atoms with Crippen molar-refractivity contribution in [1.82, 2.24) is 0 Å². The minimum Gasteiger partial charge on any atom is -0.350 e. The Balaban J connectivity index is 2.23. The first-order chi connectivity index (χ1) is 6.27. The van der Waals surface area contributed by atoms with Crippen molar-refractivity contribution >= 4 is 23.4 Å². The van der Waals surface area contributed by atoms with Crippen molar-refractivity contribution in [2.75, 3.05) is 17.3 Å². The number of fused-ring (bicyclic) bond motifs is 1. The van der Waals surface area contributed by atoms with Crippen LogP contribution >= 0.6 is 11.8 Å². The van der Waals surface area contributed by atoms with Gasteiger partial charge in [-0.25, -0.2) is 9.90 Å². The number of para-hydroxylation sites is 1. The number of carbonyl (C=O) groups excluding carboxylic acids is 1. The largest absolute Gasteiger partial charge is 0.374 e. The molecule has 0 amide bonds. The third kappa shape index (κ3) is 1.62. The third-order valence-corrected chi connectivity index (χ3v) is 3.00. The van der Waals surface area contributed by atoms with Crippen molar-refractivity contribution in [3.05, 3.63) is 24.3 Å². The first kappa shape index (κ1) is 8.44. The average molecular weight is 194 g/mol. The van der Waals surface area contributed by atoms with E-state index in [1.807, 2.05) is 24.3 Å². The molecule has 4 heteroatoms. The molecule has 0 saturated heterocycles. The van der Waals surface area contributed by atoms with E-state index in [4.69, 9.17) is 0 Å². The lowest BCUT2D eigenvalue weighted by atomic mass is 10.3. The molecule has 1 heterocycles. The number of nitrogens with zero attached hydrogens (tertiary/aromatic N) is 1. The number of carbonyl (C=O) groups is 1. The zero-order valence-electron chi connectivity index (χ0n) is 6.90. The minimum atomic E-state index is -1.03. The summed E-state index contributed by atoms with van der Waals surface area (Å²) in [4.78, 5) is 13.3. The zero-order valence-corrected chi connectivity index (χ0v) is 7.71. The molecule has 1 aromatic rings. The van der Waals surface area contributed by atoms with Crippen LogP contribution in [0.3, 0.4) is 0 Å². The summed E-state index contributed by atoms with van der Waals surface area (Å²) in [5.41, 5.74) is 0.997. The summed E-state index contributed by atoms with van der Waals surface area (Å²) < 4.78 is 0. The van der Waals surface area contributed by atoms with Crippen molar-refractivity contribution in [3.8, 4) is 0 Å². The van der Waals surface area contributed by atoms with Crippen LogP contribution in [0.15, 0.2) is 29.2 Å². The van der Waals surface area contributed by atoms with E-state index in [2.05, 4.69) is 0 Å². The summed E-state index contributed by atoms with van der Waals surface area (Å²) in [5.74, 6) is -0.329. The Morgan fingerprint density at radius 3 is 3.00 bits per heavy atom. The highest BCUT2D eigenvalue weighted by atomic mass is 32.2. The highest BCUT2D eigenvalue weighted by Crippen LogP contribution is 2.37. The fourth-order valence-corrected chi connectivity index (χ4v) is 2.39. The van der Waals surface area contributed by atoms with Gasteiger partial charge >= 0.3 is 5.97 Å². The molecule has 1 aliphatic heterocycles. The van der Waals surface area contributed by atoms with E-state index < -0.39 is 5.97 Å². The predicted molar refractivity (Wildman–Crippen MR) is 50.2 cm³/mol. The number of anilines is 1. The summed E-state index contributed by atoms with van der Waals surface area (Å²) in [5, 5.41) is 10.4. The van der Waals surface area contributed by atoms with Gasteiger partial charge in [0.25, 0.3) is 0 Å². The quantitative estimate of drug-likeness (QED) is 0.716. The van der Waals surface area contributed by atoms with Crippen LogP contribution in [-0.4, -0.2) is 18.4 Å². The first-order valence-electron chi connectivity index (χ1n) is 3.94. The lowest BCUT2D eigenvalue weighted by Gasteiger charge is -2.13. The fourth-order valence-electron chi connectivity index (χ4n) is 1.34. The molecule has 67 valence electrons. The zero-order chi connectivity index (χ0) is 9.26. The molecule has 2 rings (SSSR count). The maximum absolute atomic E-state index is 10.4. The Morgan fingerprint density at radius 1 is 1.46 bits per heavy atom. The van der Waals surface area contributed by atoms with E-state index in [0.717, 1.165) is 10.6 Å². The van der Waals surface area contributed by atoms with Crippen LogP contribution in [0.4, 0.5) is 5.69 Å². The average Bonchev–Trinajstić information content (AvgIpc) is 2.48. The number of hydrogen-bond donors (Lipinski definition) is 0. The van der Waals surface area contributed by atoms with Gasteiger partial charge in [0.2, 0.25) is 0 Å². The monoisotopic (exact) mass is 194 g/mol. The second kappa shape index (κ2) is 3.30. The highest BCUT2D eigenvalue weighted by Gasteiger charge is 2.21. The van der Waals surface area contributed by atoms with Gasteiger partial charge in [0, 0.05) is 4.90 Å². The minimum absolute atomic E-state index is 0.0238. The maximum Gasteiger partial charge on any atom is 0.374 e. The molecular formula is C9H8NO2S. The van der Waals surface area contributed by atoms with Crippen LogP contribution in [0.1, 0.15) is 0 Å². The van der Waals surface area contributed by atoms with Crippen molar-refractivity contribution < 1.29 is 9.90 Å². The number of benzene rings is 1.